The molecule has 0 saturated heterocycles. The van der Waals surface area contributed by atoms with Crippen LogP contribution in [-0.2, 0) is 0 Å². The third kappa shape index (κ3) is 1.86. The maximum atomic E-state index is 10.8. The summed E-state index contributed by atoms with van der Waals surface area (Å²) in [5.41, 5.74) is 1.25. The van der Waals surface area contributed by atoms with E-state index in [2.05, 4.69) is 10.2 Å². The van der Waals surface area contributed by atoms with Crippen molar-refractivity contribution >= 4 is 44.8 Å². The van der Waals surface area contributed by atoms with Crippen molar-refractivity contribution in [2.75, 3.05) is 0 Å². The molecular formula is C13H6ClN3O3. The molecule has 0 radical (unpaired) electrons. The molecule has 1 heterocycles. The van der Waals surface area contributed by atoms with Crippen molar-refractivity contribution < 1.29 is 4.92 Å². The van der Waals surface area contributed by atoms with Gasteiger partial charge in [0.15, 0.2) is 0 Å². The van der Waals surface area contributed by atoms with E-state index in [9.17, 15) is 15.0 Å². The Balaban J connectivity index is 2.40. The number of rotatable bonds is 2. The SMILES string of the molecule is O=Nc1ccc2c(Cl)c3cc([N+](=O)[O-])ccc3nc2c1. The molecule has 0 fully saturated rings. The van der Waals surface area contributed by atoms with Crippen molar-refractivity contribution in [3.05, 3.63) is 56.4 Å². The molecule has 98 valence electrons. The van der Waals surface area contributed by atoms with Gasteiger partial charge in [-0.25, -0.2) is 4.98 Å². The number of nitrogens with zero attached hydrogens (tertiary/aromatic N) is 3. The molecule has 20 heavy (non-hydrogen) atoms. The second-order valence-corrected chi connectivity index (χ2v) is 4.56. The highest BCUT2D eigenvalue weighted by Crippen LogP contribution is 2.33. The summed E-state index contributed by atoms with van der Waals surface area (Å²) < 4.78 is 0. The lowest BCUT2D eigenvalue weighted by atomic mass is 10.1. The van der Waals surface area contributed by atoms with E-state index < -0.39 is 4.92 Å². The van der Waals surface area contributed by atoms with Gasteiger partial charge in [0.05, 0.1) is 21.0 Å². The normalized spacial score (nSPS) is 10.8. The number of hydrogen-bond donors (Lipinski definition) is 0. The molecule has 3 rings (SSSR count). The lowest BCUT2D eigenvalue weighted by Gasteiger charge is -2.05. The van der Waals surface area contributed by atoms with Crippen molar-refractivity contribution in [3.8, 4) is 0 Å². The number of nitro groups is 1. The van der Waals surface area contributed by atoms with Crippen molar-refractivity contribution in [3.63, 3.8) is 0 Å². The third-order valence-electron chi connectivity index (χ3n) is 2.99. The molecule has 6 nitrogen and oxygen atoms in total. The van der Waals surface area contributed by atoms with Gasteiger partial charge in [0.1, 0.15) is 5.69 Å². The number of non-ortho nitro benzene ring substituents is 1. The number of nitroso groups, excluding NO2 is 1. The summed E-state index contributed by atoms with van der Waals surface area (Å²) >= 11 is 6.28. The van der Waals surface area contributed by atoms with Crippen LogP contribution in [0.15, 0.2) is 41.6 Å². The number of nitro benzene ring substituents is 1. The van der Waals surface area contributed by atoms with E-state index in [0.29, 0.717) is 26.8 Å². The Hall–Kier alpha value is -2.60. The zero-order valence-corrected chi connectivity index (χ0v) is 10.7. The van der Waals surface area contributed by atoms with Gasteiger partial charge in [-0.2, -0.15) is 0 Å². The Kier molecular flexibility index (Phi) is 2.80. The standard InChI is InChI=1S/C13H6ClN3O3/c14-13-9-3-1-7(16-18)5-12(9)15-11-4-2-8(17(19)20)6-10(11)13/h1-6H. The van der Waals surface area contributed by atoms with Crippen molar-refractivity contribution in [2.24, 2.45) is 5.18 Å². The summed E-state index contributed by atoms with van der Waals surface area (Å²) in [7, 11) is 0. The predicted molar refractivity (Wildman–Crippen MR) is 76.4 cm³/mol. The molecule has 0 atom stereocenters. The molecule has 2 aromatic carbocycles. The molecular weight excluding hydrogens is 282 g/mol. The summed E-state index contributed by atoms with van der Waals surface area (Å²) in [5, 5.41) is 15.1. The third-order valence-corrected chi connectivity index (χ3v) is 3.40. The van der Waals surface area contributed by atoms with E-state index in [0.717, 1.165) is 0 Å². The monoisotopic (exact) mass is 287 g/mol. The second-order valence-electron chi connectivity index (χ2n) is 4.18. The van der Waals surface area contributed by atoms with Gasteiger partial charge in [-0.05, 0) is 29.4 Å². The summed E-state index contributed by atoms with van der Waals surface area (Å²) in [5.74, 6) is 0. The number of halogens is 1. The summed E-state index contributed by atoms with van der Waals surface area (Å²) in [4.78, 5) is 25.2. The molecule has 0 spiro atoms. The quantitative estimate of drug-likeness (QED) is 0.303. The molecule has 3 aromatic rings. The predicted octanol–water partition coefficient (Wildman–Crippen LogP) is 4.35. The Morgan fingerprint density at radius 3 is 2.60 bits per heavy atom. The van der Waals surface area contributed by atoms with Crippen LogP contribution in [0.4, 0.5) is 11.4 Å². The van der Waals surface area contributed by atoms with E-state index in [1.807, 2.05) is 0 Å². The number of pyridine rings is 1. The smallest absolute Gasteiger partial charge is 0.258 e. The molecule has 0 bridgehead atoms. The highest BCUT2D eigenvalue weighted by atomic mass is 35.5. The first-order valence-corrected chi connectivity index (χ1v) is 5.99. The fraction of sp³-hybridized carbons (Fsp3) is 0. The molecule has 0 unspecified atom stereocenters. The van der Waals surface area contributed by atoms with Crippen molar-refractivity contribution in [1.29, 1.82) is 0 Å². The number of fused-ring (bicyclic) bond motifs is 2. The van der Waals surface area contributed by atoms with E-state index in [1.54, 1.807) is 6.07 Å². The second kappa shape index (κ2) is 4.50. The zero-order valence-electron chi connectivity index (χ0n) is 9.91. The van der Waals surface area contributed by atoms with Gasteiger partial charge >= 0.3 is 0 Å². The van der Waals surface area contributed by atoms with E-state index >= 15 is 0 Å². The number of benzene rings is 2. The van der Waals surface area contributed by atoms with E-state index in [-0.39, 0.29) is 11.4 Å². The van der Waals surface area contributed by atoms with Gasteiger partial charge in [-0.3, -0.25) is 10.1 Å². The number of aromatic nitrogens is 1. The van der Waals surface area contributed by atoms with Crippen LogP contribution in [0.25, 0.3) is 21.8 Å². The molecule has 0 aliphatic heterocycles. The van der Waals surface area contributed by atoms with E-state index in [4.69, 9.17) is 11.6 Å². The average Bonchev–Trinajstić information content (AvgIpc) is 2.46. The summed E-state index contributed by atoms with van der Waals surface area (Å²) in [6.07, 6.45) is 0. The first-order chi connectivity index (χ1) is 9.60. The number of hydrogen-bond acceptors (Lipinski definition) is 5. The molecule has 0 N–H and O–H groups in total. The van der Waals surface area contributed by atoms with Crippen LogP contribution in [0.5, 0.6) is 0 Å². The summed E-state index contributed by atoms with van der Waals surface area (Å²) in [6.45, 7) is 0. The minimum Gasteiger partial charge on any atom is -0.258 e. The molecule has 1 aromatic heterocycles. The van der Waals surface area contributed by atoms with Crippen LogP contribution in [0.1, 0.15) is 0 Å². The van der Waals surface area contributed by atoms with Gasteiger partial charge < -0.3 is 0 Å². The highest BCUT2D eigenvalue weighted by Gasteiger charge is 2.12. The van der Waals surface area contributed by atoms with Gasteiger partial charge in [0.2, 0.25) is 0 Å². The fourth-order valence-corrected chi connectivity index (χ4v) is 2.35. The maximum absolute atomic E-state index is 10.8. The minimum absolute atomic E-state index is 0.0493. The molecule has 0 saturated carbocycles. The molecule has 0 aliphatic rings. The Labute approximate surface area is 117 Å². The molecule has 0 amide bonds. The average molecular weight is 288 g/mol. The van der Waals surface area contributed by atoms with Crippen molar-refractivity contribution in [1.82, 2.24) is 4.98 Å². The van der Waals surface area contributed by atoms with Gasteiger partial charge in [0.25, 0.3) is 5.69 Å². The summed E-state index contributed by atoms with van der Waals surface area (Å²) in [6, 6.07) is 8.94. The van der Waals surface area contributed by atoms with Gasteiger partial charge in [-0.1, -0.05) is 11.6 Å². The van der Waals surface area contributed by atoms with Gasteiger partial charge in [0, 0.05) is 22.9 Å². The largest absolute Gasteiger partial charge is 0.270 e. The lowest BCUT2D eigenvalue weighted by Crippen LogP contribution is -1.90. The highest BCUT2D eigenvalue weighted by molar-refractivity contribution is 6.40. The van der Waals surface area contributed by atoms with Gasteiger partial charge in [-0.15, -0.1) is 4.91 Å². The topological polar surface area (TPSA) is 85.5 Å². The Morgan fingerprint density at radius 2 is 1.90 bits per heavy atom. The van der Waals surface area contributed by atoms with Crippen LogP contribution in [0.2, 0.25) is 5.02 Å². The minimum atomic E-state index is -0.487. The van der Waals surface area contributed by atoms with Crippen molar-refractivity contribution in [2.45, 2.75) is 0 Å². The fourth-order valence-electron chi connectivity index (χ4n) is 2.04. The van der Waals surface area contributed by atoms with Crippen LogP contribution >= 0.6 is 11.6 Å². The molecule has 0 aliphatic carbocycles. The van der Waals surface area contributed by atoms with Crippen LogP contribution < -0.4 is 0 Å². The maximum Gasteiger partial charge on any atom is 0.270 e. The Bertz CT molecular complexity index is 879. The van der Waals surface area contributed by atoms with Crippen LogP contribution in [0.3, 0.4) is 0 Å². The zero-order chi connectivity index (χ0) is 14.3. The van der Waals surface area contributed by atoms with Crippen LogP contribution in [0, 0.1) is 15.0 Å². The Morgan fingerprint density at radius 1 is 1.10 bits per heavy atom. The molecule has 7 heteroatoms. The van der Waals surface area contributed by atoms with Crippen LogP contribution in [-0.4, -0.2) is 9.91 Å². The lowest BCUT2D eigenvalue weighted by molar-refractivity contribution is -0.384. The first kappa shape index (κ1) is 12.4. The first-order valence-electron chi connectivity index (χ1n) is 5.61. The van der Waals surface area contributed by atoms with E-state index in [1.165, 1.54) is 30.3 Å².